The number of hydrogen-bond donors (Lipinski definition) is 1. The predicted molar refractivity (Wildman–Crippen MR) is 77.5 cm³/mol. The van der Waals surface area contributed by atoms with E-state index in [4.69, 9.17) is 4.74 Å². The Bertz CT molecular complexity index is 571. The van der Waals surface area contributed by atoms with Gasteiger partial charge in [-0.1, -0.05) is 18.2 Å². The normalized spacial score (nSPS) is 16.1. The van der Waals surface area contributed by atoms with E-state index in [2.05, 4.69) is 4.72 Å². The molecule has 0 saturated heterocycles. The zero-order valence-corrected chi connectivity index (χ0v) is 11.9. The van der Waals surface area contributed by atoms with Crippen molar-refractivity contribution in [2.45, 2.75) is 0 Å². The second-order valence-electron chi connectivity index (χ2n) is 3.69. The fourth-order valence-corrected chi connectivity index (χ4v) is 3.28. The van der Waals surface area contributed by atoms with Crippen molar-refractivity contribution in [3.8, 4) is 5.75 Å². The molecule has 19 heavy (non-hydrogen) atoms. The average Bonchev–Trinajstić information content (AvgIpc) is 2.94. The first-order valence-electron chi connectivity index (χ1n) is 5.54. The molecule has 5 nitrogen and oxygen atoms in total. The molecule has 7 heteroatoms. The first-order valence-corrected chi connectivity index (χ1v) is 7.82. The lowest BCUT2D eigenvalue weighted by Crippen LogP contribution is -2.31. The molecule has 0 saturated carbocycles. The summed E-state index contributed by atoms with van der Waals surface area (Å²) in [6, 6.07) is 7.31. The summed E-state index contributed by atoms with van der Waals surface area (Å²) in [6.45, 7) is 0.385. The van der Waals surface area contributed by atoms with Gasteiger partial charge in [0.1, 0.15) is 5.75 Å². The zero-order chi connectivity index (χ0) is 13.7. The summed E-state index contributed by atoms with van der Waals surface area (Å²) >= 11 is 1.15. The average molecular weight is 298 g/mol. The molecule has 0 bridgehead atoms. The molecule has 1 heterocycles. The van der Waals surface area contributed by atoms with Crippen LogP contribution in [-0.2, 0) is 10.2 Å². The number of nitrogens with zero attached hydrogens (tertiary/aromatic N) is 1. The molecule has 0 spiro atoms. The van der Waals surface area contributed by atoms with Crippen LogP contribution < -0.4 is 9.46 Å². The lowest BCUT2D eigenvalue weighted by Gasteiger charge is -2.13. The van der Waals surface area contributed by atoms with Gasteiger partial charge >= 0.3 is 10.2 Å². The number of benzene rings is 1. The Hall–Kier alpha value is -1.44. The van der Waals surface area contributed by atoms with Crippen LogP contribution in [0.25, 0.3) is 6.08 Å². The van der Waals surface area contributed by atoms with Gasteiger partial charge in [-0.2, -0.15) is 8.42 Å². The minimum Gasteiger partial charge on any atom is -0.497 e. The summed E-state index contributed by atoms with van der Waals surface area (Å²) in [6.07, 6.45) is 4.89. The SMILES string of the molecule is COc1ccc(/C=C/NS(=O)(=O)N2CC=CS2)cc1. The number of ether oxygens (including phenoxy) is 1. The third kappa shape index (κ3) is 3.76. The van der Waals surface area contributed by atoms with E-state index in [1.54, 1.807) is 24.7 Å². The lowest BCUT2D eigenvalue weighted by atomic mass is 10.2. The van der Waals surface area contributed by atoms with Crippen molar-refractivity contribution in [1.82, 2.24) is 8.43 Å². The quantitative estimate of drug-likeness (QED) is 0.845. The van der Waals surface area contributed by atoms with Gasteiger partial charge in [0.05, 0.1) is 7.11 Å². The van der Waals surface area contributed by atoms with Crippen molar-refractivity contribution >= 4 is 28.2 Å². The van der Waals surface area contributed by atoms with Crippen LogP contribution in [-0.4, -0.2) is 25.8 Å². The van der Waals surface area contributed by atoms with Gasteiger partial charge in [-0.25, -0.2) is 0 Å². The molecule has 1 aromatic carbocycles. The molecule has 0 radical (unpaired) electrons. The van der Waals surface area contributed by atoms with Crippen molar-refractivity contribution in [2.75, 3.05) is 13.7 Å². The summed E-state index contributed by atoms with van der Waals surface area (Å²) < 4.78 is 32.3. The molecule has 0 amide bonds. The molecule has 0 aliphatic carbocycles. The predicted octanol–water partition coefficient (Wildman–Crippen LogP) is 1.98. The van der Waals surface area contributed by atoms with Gasteiger partial charge in [0, 0.05) is 12.7 Å². The van der Waals surface area contributed by atoms with Crippen LogP contribution in [0.15, 0.2) is 41.9 Å². The van der Waals surface area contributed by atoms with Crippen LogP contribution in [0, 0.1) is 0 Å². The van der Waals surface area contributed by atoms with Crippen molar-refractivity contribution in [3.63, 3.8) is 0 Å². The number of hydrogen-bond acceptors (Lipinski definition) is 4. The van der Waals surface area contributed by atoms with E-state index >= 15 is 0 Å². The van der Waals surface area contributed by atoms with E-state index < -0.39 is 10.2 Å². The Labute approximate surface area is 117 Å². The van der Waals surface area contributed by atoms with Crippen LogP contribution in [0.4, 0.5) is 0 Å². The Morgan fingerprint density at radius 3 is 2.68 bits per heavy atom. The fraction of sp³-hybridized carbons (Fsp3) is 0.167. The van der Waals surface area contributed by atoms with Crippen molar-refractivity contribution in [3.05, 3.63) is 47.5 Å². The second kappa shape index (κ2) is 6.14. The van der Waals surface area contributed by atoms with E-state index in [9.17, 15) is 8.42 Å². The molecule has 0 fully saturated rings. The third-order valence-corrected chi connectivity index (χ3v) is 5.07. The molecule has 0 aromatic heterocycles. The summed E-state index contributed by atoms with van der Waals surface area (Å²) in [5, 5.41) is 1.74. The maximum Gasteiger partial charge on any atom is 0.311 e. The van der Waals surface area contributed by atoms with E-state index in [-0.39, 0.29) is 0 Å². The minimum atomic E-state index is -3.47. The standard InChI is InChI=1S/C12H14N2O3S2/c1-17-12-5-3-11(4-6-12)7-8-13-19(15,16)14-9-2-10-18-14/h2-8,10,13H,9H2,1H3/b8-7+. The largest absolute Gasteiger partial charge is 0.497 e. The van der Waals surface area contributed by atoms with Gasteiger partial charge in [0.2, 0.25) is 0 Å². The van der Waals surface area contributed by atoms with Crippen molar-refractivity contribution < 1.29 is 13.2 Å². The van der Waals surface area contributed by atoms with Crippen LogP contribution >= 0.6 is 11.9 Å². The Balaban J connectivity index is 1.95. The monoisotopic (exact) mass is 298 g/mol. The molecule has 2 rings (SSSR count). The van der Waals surface area contributed by atoms with Crippen LogP contribution in [0.3, 0.4) is 0 Å². The highest BCUT2D eigenvalue weighted by Gasteiger charge is 2.21. The molecule has 1 aliphatic rings. The minimum absolute atomic E-state index is 0.385. The highest BCUT2D eigenvalue weighted by atomic mass is 32.3. The first kappa shape index (κ1) is 14.0. The zero-order valence-electron chi connectivity index (χ0n) is 10.3. The molecule has 1 aromatic rings. The topological polar surface area (TPSA) is 58.6 Å². The number of rotatable bonds is 5. The summed E-state index contributed by atoms with van der Waals surface area (Å²) in [7, 11) is -1.87. The molecule has 0 atom stereocenters. The summed E-state index contributed by atoms with van der Waals surface area (Å²) in [4.78, 5) is 0. The maximum atomic E-state index is 11.8. The fourth-order valence-electron chi connectivity index (χ4n) is 1.43. The molecule has 0 unspecified atom stereocenters. The Kier molecular flexibility index (Phi) is 4.52. The molecule has 1 N–H and O–H groups in total. The van der Waals surface area contributed by atoms with E-state index in [1.165, 1.54) is 9.91 Å². The van der Waals surface area contributed by atoms with Crippen LogP contribution in [0.1, 0.15) is 5.56 Å². The molecular weight excluding hydrogens is 284 g/mol. The van der Waals surface area contributed by atoms with Gasteiger partial charge in [-0.05, 0) is 41.1 Å². The van der Waals surface area contributed by atoms with Crippen molar-refractivity contribution in [1.29, 1.82) is 0 Å². The van der Waals surface area contributed by atoms with E-state index in [0.29, 0.717) is 6.54 Å². The second-order valence-corrected chi connectivity index (χ2v) is 6.47. The van der Waals surface area contributed by atoms with Gasteiger partial charge in [-0.15, -0.1) is 3.71 Å². The van der Waals surface area contributed by atoms with E-state index in [0.717, 1.165) is 23.3 Å². The smallest absolute Gasteiger partial charge is 0.311 e. The third-order valence-electron chi connectivity index (χ3n) is 2.41. The van der Waals surface area contributed by atoms with Gasteiger partial charge < -0.3 is 4.74 Å². The number of nitrogens with one attached hydrogen (secondary N) is 1. The molecular formula is C12H14N2O3S2. The lowest BCUT2D eigenvalue weighted by molar-refractivity contribution is 0.415. The Morgan fingerprint density at radius 1 is 1.37 bits per heavy atom. The van der Waals surface area contributed by atoms with Gasteiger partial charge in [-0.3, -0.25) is 4.72 Å². The maximum absolute atomic E-state index is 11.8. The summed E-state index contributed by atoms with van der Waals surface area (Å²) in [5.41, 5.74) is 0.885. The Morgan fingerprint density at radius 2 is 2.11 bits per heavy atom. The molecule has 102 valence electrons. The first-order chi connectivity index (χ1) is 9.12. The van der Waals surface area contributed by atoms with Crippen LogP contribution in [0.5, 0.6) is 5.75 Å². The van der Waals surface area contributed by atoms with Gasteiger partial charge in [0.25, 0.3) is 0 Å². The number of methoxy groups -OCH3 is 1. The molecule has 1 aliphatic heterocycles. The van der Waals surface area contributed by atoms with Gasteiger partial charge in [0.15, 0.2) is 0 Å². The van der Waals surface area contributed by atoms with Crippen LogP contribution in [0.2, 0.25) is 0 Å². The highest BCUT2D eigenvalue weighted by molar-refractivity contribution is 8.09. The van der Waals surface area contributed by atoms with Crippen molar-refractivity contribution in [2.24, 2.45) is 0 Å². The highest BCUT2D eigenvalue weighted by Crippen LogP contribution is 2.21. The van der Waals surface area contributed by atoms with E-state index in [1.807, 2.05) is 24.3 Å². The summed E-state index contributed by atoms with van der Waals surface area (Å²) in [5.74, 6) is 0.761.